The topological polar surface area (TPSA) is 57.6 Å². The number of aliphatic carboxylic acids is 1. The van der Waals surface area contributed by atoms with Crippen LogP contribution in [-0.2, 0) is 9.59 Å². The SMILES string of the molecule is O=C(O)[C@H]1CN(C(=O)CCSc2ccc(Br)cc2)C[C@@H]1C1CC1. The largest absolute Gasteiger partial charge is 0.481 e. The van der Waals surface area contributed by atoms with E-state index >= 15 is 0 Å². The van der Waals surface area contributed by atoms with Crippen molar-refractivity contribution in [2.45, 2.75) is 24.2 Å². The van der Waals surface area contributed by atoms with Crippen LogP contribution in [0.5, 0.6) is 0 Å². The van der Waals surface area contributed by atoms with Gasteiger partial charge in [-0.2, -0.15) is 0 Å². The van der Waals surface area contributed by atoms with Crippen molar-refractivity contribution in [1.29, 1.82) is 0 Å². The Balaban J connectivity index is 1.48. The molecule has 6 heteroatoms. The lowest BCUT2D eigenvalue weighted by Gasteiger charge is -2.16. The molecule has 1 aliphatic heterocycles. The number of benzene rings is 1. The van der Waals surface area contributed by atoms with E-state index in [1.54, 1.807) is 16.7 Å². The summed E-state index contributed by atoms with van der Waals surface area (Å²) >= 11 is 5.06. The minimum Gasteiger partial charge on any atom is -0.481 e. The second-order valence-electron chi connectivity index (χ2n) is 6.30. The number of carbonyl (C=O) groups excluding carboxylic acids is 1. The van der Waals surface area contributed by atoms with Gasteiger partial charge < -0.3 is 10.0 Å². The van der Waals surface area contributed by atoms with Crippen LogP contribution in [0.1, 0.15) is 19.3 Å². The van der Waals surface area contributed by atoms with Crippen LogP contribution in [0.15, 0.2) is 33.6 Å². The molecule has 1 aromatic carbocycles. The number of thioether (sulfide) groups is 1. The molecule has 4 nitrogen and oxygen atoms in total. The number of nitrogens with zero attached hydrogens (tertiary/aromatic N) is 1. The zero-order valence-corrected chi connectivity index (χ0v) is 15.2. The molecule has 3 rings (SSSR count). The van der Waals surface area contributed by atoms with Crippen molar-refractivity contribution in [1.82, 2.24) is 4.90 Å². The molecule has 1 saturated carbocycles. The Morgan fingerprint density at radius 2 is 1.91 bits per heavy atom. The maximum Gasteiger partial charge on any atom is 0.308 e. The molecule has 0 aromatic heterocycles. The number of carboxylic acids is 1. The van der Waals surface area contributed by atoms with E-state index in [9.17, 15) is 14.7 Å². The van der Waals surface area contributed by atoms with Gasteiger partial charge >= 0.3 is 5.97 Å². The number of hydrogen-bond acceptors (Lipinski definition) is 3. The van der Waals surface area contributed by atoms with E-state index < -0.39 is 5.97 Å². The van der Waals surface area contributed by atoms with Crippen molar-refractivity contribution in [2.24, 2.45) is 17.8 Å². The van der Waals surface area contributed by atoms with Gasteiger partial charge in [-0.1, -0.05) is 15.9 Å². The Morgan fingerprint density at radius 1 is 1.22 bits per heavy atom. The lowest BCUT2D eigenvalue weighted by molar-refractivity contribution is -0.142. The minimum atomic E-state index is -0.749. The van der Waals surface area contributed by atoms with Gasteiger partial charge in [0.05, 0.1) is 5.92 Å². The summed E-state index contributed by atoms with van der Waals surface area (Å²) in [4.78, 5) is 26.7. The van der Waals surface area contributed by atoms with Gasteiger partial charge in [0, 0.05) is 34.6 Å². The van der Waals surface area contributed by atoms with Gasteiger partial charge in [0.2, 0.25) is 5.91 Å². The molecule has 1 heterocycles. The fraction of sp³-hybridized carbons (Fsp3) is 0.529. The van der Waals surface area contributed by atoms with Gasteiger partial charge in [0.1, 0.15) is 0 Å². The van der Waals surface area contributed by atoms with E-state index in [-0.39, 0.29) is 17.7 Å². The normalized spacial score (nSPS) is 24.0. The summed E-state index contributed by atoms with van der Waals surface area (Å²) in [6, 6.07) is 8.03. The third kappa shape index (κ3) is 4.29. The molecule has 1 aromatic rings. The average Bonchev–Trinajstić information content (AvgIpc) is 3.27. The van der Waals surface area contributed by atoms with Crippen molar-refractivity contribution in [3.05, 3.63) is 28.7 Å². The second kappa shape index (κ2) is 7.26. The first-order valence-electron chi connectivity index (χ1n) is 7.93. The standard InChI is InChI=1S/C17H20BrNO3S/c18-12-3-5-13(6-4-12)23-8-7-16(20)19-9-14(11-1-2-11)15(10-19)17(21)22/h3-6,11,14-15H,1-2,7-10H2,(H,21,22)/t14-,15+/m1/s1. The molecule has 1 amide bonds. The molecule has 1 aliphatic carbocycles. The van der Waals surface area contributed by atoms with Gasteiger partial charge in [-0.25, -0.2) is 0 Å². The molecule has 23 heavy (non-hydrogen) atoms. The minimum absolute atomic E-state index is 0.0870. The smallest absolute Gasteiger partial charge is 0.308 e. The highest BCUT2D eigenvalue weighted by Crippen LogP contribution is 2.44. The summed E-state index contributed by atoms with van der Waals surface area (Å²) in [6.45, 7) is 1.02. The summed E-state index contributed by atoms with van der Waals surface area (Å²) in [7, 11) is 0. The molecular weight excluding hydrogens is 378 g/mol. The summed E-state index contributed by atoms with van der Waals surface area (Å²) in [5, 5.41) is 9.36. The molecule has 0 unspecified atom stereocenters. The van der Waals surface area contributed by atoms with Gasteiger partial charge in [0.15, 0.2) is 0 Å². The highest BCUT2D eigenvalue weighted by atomic mass is 79.9. The molecule has 1 N–H and O–H groups in total. The summed E-state index contributed by atoms with van der Waals surface area (Å²) in [5.74, 6) is 0.376. The van der Waals surface area contributed by atoms with Crippen molar-refractivity contribution < 1.29 is 14.7 Å². The van der Waals surface area contributed by atoms with Crippen molar-refractivity contribution in [2.75, 3.05) is 18.8 Å². The van der Waals surface area contributed by atoms with Crippen LogP contribution in [0, 0.1) is 17.8 Å². The molecule has 2 aliphatic rings. The van der Waals surface area contributed by atoms with E-state index in [1.807, 2.05) is 24.3 Å². The summed E-state index contributed by atoms with van der Waals surface area (Å²) < 4.78 is 1.04. The van der Waals surface area contributed by atoms with Gasteiger partial charge in [-0.3, -0.25) is 9.59 Å². The molecule has 124 valence electrons. The Morgan fingerprint density at radius 3 is 2.52 bits per heavy atom. The van der Waals surface area contributed by atoms with Crippen LogP contribution in [-0.4, -0.2) is 40.7 Å². The zero-order chi connectivity index (χ0) is 16.4. The quantitative estimate of drug-likeness (QED) is 0.746. The Bertz CT molecular complexity index is 588. The molecule has 0 radical (unpaired) electrons. The van der Waals surface area contributed by atoms with E-state index in [0.29, 0.717) is 25.4 Å². The van der Waals surface area contributed by atoms with Gasteiger partial charge in [-0.15, -0.1) is 11.8 Å². The second-order valence-corrected chi connectivity index (χ2v) is 8.38. The van der Waals surface area contributed by atoms with E-state index in [0.717, 1.165) is 28.0 Å². The fourth-order valence-corrected chi connectivity index (χ4v) is 4.35. The number of halogens is 1. The molecule has 0 spiro atoms. The van der Waals surface area contributed by atoms with Gasteiger partial charge in [-0.05, 0) is 48.9 Å². The number of likely N-dealkylation sites (tertiary alicyclic amines) is 1. The third-order valence-corrected chi connectivity index (χ3v) is 6.20. The zero-order valence-electron chi connectivity index (χ0n) is 12.8. The van der Waals surface area contributed by atoms with Crippen molar-refractivity contribution >= 4 is 39.6 Å². The predicted octanol–water partition coefficient (Wildman–Crippen LogP) is 3.50. The molecule has 2 fully saturated rings. The molecule has 1 saturated heterocycles. The van der Waals surface area contributed by atoms with Crippen LogP contribution in [0.2, 0.25) is 0 Å². The van der Waals surface area contributed by atoms with E-state index in [1.165, 1.54) is 0 Å². The van der Waals surface area contributed by atoms with Crippen LogP contribution in [0.25, 0.3) is 0 Å². The Hall–Kier alpha value is -1.01. The number of amides is 1. The van der Waals surface area contributed by atoms with E-state index in [2.05, 4.69) is 15.9 Å². The molecule has 0 bridgehead atoms. The molecular formula is C17H20BrNO3S. The Kier molecular flexibility index (Phi) is 5.31. The first-order valence-corrected chi connectivity index (χ1v) is 9.71. The van der Waals surface area contributed by atoms with Gasteiger partial charge in [0.25, 0.3) is 0 Å². The third-order valence-electron chi connectivity index (χ3n) is 4.66. The van der Waals surface area contributed by atoms with Crippen LogP contribution < -0.4 is 0 Å². The highest BCUT2D eigenvalue weighted by Gasteiger charge is 2.46. The lowest BCUT2D eigenvalue weighted by atomic mass is 9.92. The van der Waals surface area contributed by atoms with E-state index in [4.69, 9.17) is 0 Å². The number of hydrogen-bond donors (Lipinski definition) is 1. The fourth-order valence-electron chi connectivity index (χ4n) is 3.24. The maximum absolute atomic E-state index is 12.4. The van der Waals surface area contributed by atoms with Crippen LogP contribution in [0.4, 0.5) is 0 Å². The van der Waals surface area contributed by atoms with Crippen LogP contribution in [0.3, 0.4) is 0 Å². The monoisotopic (exact) mass is 397 g/mol. The summed E-state index contributed by atoms with van der Waals surface area (Å²) in [6.07, 6.45) is 2.70. The number of carbonyl (C=O) groups is 2. The maximum atomic E-state index is 12.4. The first-order chi connectivity index (χ1) is 11.0. The number of carboxylic acid groups (broad SMARTS) is 1. The molecule has 2 atom stereocenters. The summed E-state index contributed by atoms with van der Waals surface area (Å²) in [5.41, 5.74) is 0. The average molecular weight is 398 g/mol. The number of rotatable bonds is 6. The Labute approximate surface area is 148 Å². The van der Waals surface area contributed by atoms with Crippen LogP contribution >= 0.6 is 27.7 Å². The predicted molar refractivity (Wildman–Crippen MR) is 93.4 cm³/mol. The first kappa shape index (κ1) is 16.8. The lowest BCUT2D eigenvalue weighted by Crippen LogP contribution is -2.30. The van der Waals surface area contributed by atoms with Crippen molar-refractivity contribution in [3.63, 3.8) is 0 Å². The van der Waals surface area contributed by atoms with Crippen molar-refractivity contribution in [3.8, 4) is 0 Å². The highest BCUT2D eigenvalue weighted by molar-refractivity contribution is 9.10.